The van der Waals surface area contributed by atoms with E-state index in [1.165, 1.54) is 17.2 Å². The minimum atomic E-state index is -0.428. The summed E-state index contributed by atoms with van der Waals surface area (Å²) in [6, 6.07) is 11.8. The maximum absolute atomic E-state index is 13.7. The molecule has 1 atom stereocenters. The van der Waals surface area contributed by atoms with E-state index in [1.54, 1.807) is 17.1 Å². The van der Waals surface area contributed by atoms with Crippen LogP contribution in [0.15, 0.2) is 48.2 Å². The number of fused-ring (bicyclic) bond motifs is 1. The fourth-order valence-corrected chi connectivity index (χ4v) is 4.93. The van der Waals surface area contributed by atoms with Gasteiger partial charge in [0.1, 0.15) is 5.82 Å². The number of benzene rings is 2. The van der Waals surface area contributed by atoms with Crippen molar-refractivity contribution in [2.24, 2.45) is 11.6 Å². The zero-order chi connectivity index (χ0) is 23.7. The van der Waals surface area contributed by atoms with E-state index in [9.17, 15) is 4.39 Å². The minimum Gasteiger partial charge on any atom is -0.401 e. The predicted molar refractivity (Wildman–Crippen MR) is 136 cm³/mol. The van der Waals surface area contributed by atoms with Crippen LogP contribution in [0.3, 0.4) is 0 Å². The van der Waals surface area contributed by atoms with Crippen molar-refractivity contribution < 1.29 is 4.39 Å². The first kappa shape index (κ1) is 23.6. The Bertz CT molecular complexity index is 1090. The average Bonchev–Trinajstić information content (AvgIpc) is 2.92. The van der Waals surface area contributed by atoms with Crippen molar-refractivity contribution in [1.29, 1.82) is 0 Å². The maximum Gasteiger partial charge on any atom is 0.141 e. The van der Waals surface area contributed by atoms with Crippen molar-refractivity contribution in [2.45, 2.75) is 45.7 Å². The van der Waals surface area contributed by atoms with E-state index in [0.29, 0.717) is 18.3 Å². The van der Waals surface area contributed by atoms with E-state index in [0.717, 1.165) is 48.4 Å². The van der Waals surface area contributed by atoms with E-state index in [2.05, 4.69) is 48.3 Å². The number of allylic oxidation sites excluding steroid dienone is 1. The van der Waals surface area contributed by atoms with Gasteiger partial charge in [-0.2, -0.15) is 0 Å². The molecule has 1 unspecified atom stereocenters. The van der Waals surface area contributed by atoms with Gasteiger partial charge in [0.25, 0.3) is 0 Å². The summed E-state index contributed by atoms with van der Waals surface area (Å²) in [7, 11) is 0. The Balaban J connectivity index is 1.74. The Morgan fingerprint density at radius 3 is 2.61 bits per heavy atom. The second kappa shape index (κ2) is 9.75. The van der Waals surface area contributed by atoms with Gasteiger partial charge in [-0.3, -0.25) is 4.90 Å². The maximum atomic E-state index is 13.7. The highest BCUT2D eigenvalue weighted by atomic mass is 35.5. The molecule has 176 valence electrons. The van der Waals surface area contributed by atoms with Gasteiger partial charge in [-0.15, -0.1) is 0 Å². The van der Waals surface area contributed by atoms with Gasteiger partial charge < -0.3 is 16.1 Å². The molecule has 0 fully saturated rings. The number of hydrazine groups is 1. The summed E-state index contributed by atoms with van der Waals surface area (Å²) < 4.78 is 13.7. The monoisotopic (exact) mass is 469 g/mol. The smallest absolute Gasteiger partial charge is 0.141 e. The first-order chi connectivity index (χ1) is 15.7. The second-order valence-corrected chi connectivity index (χ2v) is 9.62. The summed E-state index contributed by atoms with van der Waals surface area (Å²) in [5, 5.41) is 5.38. The third-order valence-electron chi connectivity index (χ3n) is 6.60. The van der Waals surface area contributed by atoms with Gasteiger partial charge in [0.15, 0.2) is 0 Å². The first-order valence-electron chi connectivity index (χ1n) is 11.5. The fourth-order valence-electron chi connectivity index (χ4n) is 4.75. The molecule has 0 aromatic heterocycles. The normalized spacial score (nSPS) is 20.9. The van der Waals surface area contributed by atoms with Gasteiger partial charge in [0.2, 0.25) is 0 Å². The van der Waals surface area contributed by atoms with Crippen molar-refractivity contribution in [2.75, 3.05) is 25.0 Å². The van der Waals surface area contributed by atoms with Crippen LogP contribution in [-0.2, 0) is 0 Å². The molecule has 2 aliphatic rings. The second-order valence-electron chi connectivity index (χ2n) is 9.21. The van der Waals surface area contributed by atoms with Crippen molar-refractivity contribution in [3.8, 4) is 0 Å². The Kier molecular flexibility index (Phi) is 6.98. The molecule has 0 amide bonds. The summed E-state index contributed by atoms with van der Waals surface area (Å²) in [6.07, 6.45) is 4.12. The molecule has 0 radical (unpaired) electrons. The molecule has 0 aliphatic carbocycles. The average molecular weight is 470 g/mol. The Morgan fingerprint density at radius 2 is 1.97 bits per heavy atom. The number of hydrogen-bond donors (Lipinski definition) is 3. The van der Waals surface area contributed by atoms with E-state index in [4.69, 9.17) is 23.2 Å². The number of nitrogens with one attached hydrogen (secondary N) is 1. The highest BCUT2D eigenvalue weighted by Gasteiger charge is 2.27. The molecule has 0 saturated heterocycles. The van der Waals surface area contributed by atoms with Gasteiger partial charge in [-0.1, -0.05) is 29.8 Å². The Labute approximate surface area is 200 Å². The zero-order valence-electron chi connectivity index (χ0n) is 19.5. The summed E-state index contributed by atoms with van der Waals surface area (Å²) in [5.41, 5.74) is 13.3. The van der Waals surface area contributed by atoms with Crippen LogP contribution in [0.4, 0.5) is 10.1 Å². The van der Waals surface area contributed by atoms with Gasteiger partial charge in [0, 0.05) is 42.6 Å². The summed E-state index contributed by atoms with van der Waals surface area (Å²) in [6.45, 7) is 9.00. The lowest BCUT2D eigenvalue weighted by atomic mass is 9.90. The molecule has 0 bridgehead atoms. The standard InChI is InChI=1S/C26H33ClFN5/c1-16(2)32-11-8-18(9-12-32)19-4-6-21-22(14-19)25(10-13-33(30)26(21)17(3)29)31-20-5-7-24(28)23(27)15-20/h4-8,14-16,25,31H,9-13,29-30H2,1-3H3/b26-17-. The topological polar surface area (TPSA) is 70.5 Å². The van der Waals surface area contributed by atoms with Gasteiger partial charge >= 0.3 is 0 Å². The van der Waals surface area contributed by atoms with E-state index in [1.807, 2.05) is 6.92 Å². The molecular weight excluding hydrogens is 437 g/mol. The minimum absolute atomic E-state index is 0.0271. The quantitative estimate of drug-likeness (QED) is 0.526. The summed E-state index contributed by atoms with van der Waals surface area (Å²) >= 11 is 6.03. The molecule has 0 spiro atoms. The van der Waals surface area contributed by atoms with Crippen LogP contribution in [0.1, 0.15) is 56.3 Å². The van der Waals surface area contributed by atoms with Crippen LogP contribution < -0.4 is 16.9 Å². The molecule has 5 nitrogen and oxygen atoms in total. The molecular formula is C26H33ClFN5. The number of hydrogen-bond acceptors (Lipinski definition) is 5. The van der Waals surface area contributed by atoms with E-state index in [-0.39, 0.29) is 11.1 Å². The van der Waals surface area contributed by atoms with Crippen LogP contribution >= 0.6 is 11.6 Å². The van der Waals surface area contributed by atoms with Crippen molar-refractivity contribution in [3.63, 3.8) is 0 Å². The molecule has 4 rings (SSSR count). The number of nitrogens with two attached hydrogens (primary N) is 2. The molecule has 2 aromatic carbocycles. The lowest BCUT2D eigenvalue weighted by molar-refractivity contribution is 0.245. The van der Waals surface area contributed by atoms with Crippen LogP contribution in [-0.4, -0.2) is 35.6 Å². The highest BCUT2D eigenvalue weighted by Crippen LogP contribution is 2.37. The predicted octanol–water partition coefficient (Wildman–Crippen LogP) is 5.36. The largest absolute Gasteiger partial charge is 0.401 e. The van der Waals surface area contributed by atoms with Crippen LogP contribution in [0.5, 0.6) is 0 Å². The number of anilines is 1. The molecule has 5 N–H and O–H groups in total. The molecule has 2 aromatic rings. The number of rotatable bonds is 4. The van der Waals surface area contributed by atoms with Crippen LogP contribution in [0.25, 0.3) is 11.3 Å². The Hall–Kier alpha value is -2.54. The first-order valence-corrected chi connectivity index (χ1v) is 11.9. The lowest BCUT2D eigenvalue weighted by Gasteiger charge is -2.30. The van der Waals surface area contributed by atoms with Gasteiger partial charge in [-0.25, -0.2) is 10.2 Å². The fraction of sp³-hybridized carbons (Fsp3) is 0.385. The number of halogens is 2. The van der Waals surface area contributed by atoms with Crippen molar-refractivity contribution in [1.82, 2.24) is 9.91 Å². The molecule has 2 heterocycles. The third-order valence-corrected chi connectivity index (χ3v) is 6.89. The van der Waals surface area contributed by atoms with Gasteiger partial charge in [0.05, 0.1) is 16.8 Å². The lowest BCUT2D eigenvalue weighted by Crippen LogP contribution is -2.34. The Morgan fingerprint density at radius 1 is 1.18 bits per heavy atom. The molecule has 2 aliphatic heterocycles. The van der Waals surface area contributed by atoms with Gasteiger partial charge in [-0.05, 0) is 74.6 Å². The number of nitrogens with zero attached hydrogens (tertiary/aromatic N) is 2. The third kappa shape index (κ3) is 5.03. The van der Waals surface area contributed by atoms with Crippen molar-refractivity contribution in [3.05, 3.63) is 75.7 Å². The van der Waals surface area contributed by atoms with Crippen LogP contribution in [0, 0.1) is 5.82 Å². The zero-order valence-corrected chi connectivity index (χ0v) is 20.3. The van der Waals surface area contributed by atoms with Crippen molar-refractivity contribution >= 4 is 28.6 Å². The summed E-state index contributed by atoms with van der Waals surface area (Å²) in [5.74, 6) is 5.97. The van der Waals surface area contributed by atoms with E-state index < -0.39 is 5.82 Å². The molecule has 7 heteroatoms. The van der Waals surface area contributed by atoms with E-state index >= 15 is 0 Å². The molecule has 33 heavy (non-hydrogen) atoms. The molecule has 0 saturated carbocycles. The highest BCUT2D eigenvalue weighted by molar-refractivity contribution is 6.31. The SMILES string of the molecule is C/C(N)=C1\c2ccc(C3=CCN(C(C)C)CC3)cc2C(Nc2ccc(F)c(Cl)c2)CCN1N. The summed E-state index contributed by atoms with van der Waals surface area (Å²) in [4.78, 5) is 2.47. The van der Waals surface area contributed by atoms with Crippen LogP contribution in [0.2, 0.25) is 5.02 Å².